The Bertz CT molecular complexity index is 969. The molecule has 124 valence electrons. The highest BCUT2D eigenvalue weighted by atomic mass is 16.1. The number of allylic oxidation sites excluding steroid dienone is 2. The fraction of sp³-hybridized carbons (Fsp3) is 0.458. The zero-order valence-electron chi connectivity index (χ0n) is 14.3. The molecule has 0 amide bonds. The molecule has 2 aromatic rings. The minimum atomic E-state index is 0.776. The number of aldehydes is 1. The average molecular weight is 326 g/mol. The summed E-state index contributed by atoms with van der Waals surface area (Å²) in [4.78, 5) is 11.7. The molecule has 4 bridgehead atoms. The molecule has 3 saturated carbocycles. The zero-order chi connectivity index (χ0) is 16.3. The summed E-state index contributed by atoms with van der Waals surface area (Å²) in [6.07, 6.45) is 10.3. The van der Waals surface area contributed by atoms with Gasteiger partial charge >= 0.3 is 0 Å². The van der Waals surface area contributed by atoms with Crippen molar-refractivity contribution >= 4 is 17.1 Å². The Morgan fingerprint density at radius 2 is 1.72 bits per heavy atom. The standard InChI is InChI=1S/C24H22O/c25-11-15-3-1-2-12-6-7-16-17(21(12)15)9-19-18-10-20(24(16)19)23-14-5-4-13(8-14)22(18)23/h1-7,11,13-14,18-20,22-24H,8-10H2. The lowest BCUT2D eigenvalue weighted by Gasteiger charge is -2.39. The first-order valence-corrected chi connectivity index (χ1v) is 10.0. The van der Waals surface area contributed by atoms with Crippen LogP contribution in [0.25, 0.3) is 10.8 Å². The molecule has 0 aliphatic heterocycles. The SMILES string of the molecule is O=Cc1cccc2ccc3c(c12)CC1C2CC(C31)C1C3C=CC(C3)C21. The Labute approximate surface area is 148 Å². The fourth-order valence-electron chi connectivity index (χ4n) is 8.27. The van der Waals surface area contributed by atoms with E-state index in [1.54, 1.807) is 5.56 Å². The molecule has 5 aliphatic carbocycles. The van der Waals surface area contributed by atoms with Crippen molar-refractivity contribution in [2.45, 2.75) is 25.2 Å². The average Bonchev–Trinajstić information content (AvgIpc) is 3.42. The van der Waals surface area contributed by atoms with E-state index in [-0.39, 0.29) is 0 Å². The second kappa shape index (κ2) is 4.26. The van der Waals surface area contributed by atoms with E-state index in [1.165, 1.54) is 35.6 Å². The molecule has 0 aromatic heterocycles. The van der Waals surface area contributed by atoms with Gasteiger partial charge < -0.3 is 0 Å². The van der Waals surface area contributed by atoms with Crippen molar-refractivity contribution in [2.24, 2.45) is 41.4 Å². The van der Waals surface area contributed by atoms with Crippen LogP contribution in [0.5, 0.6) is 0 Å². The molecule has 0 heterocycles. The Hall–Kier alpha value is -1.89. The van der Waals surface area contributed by atoms with Gasteiger partial charge in [-0.25, -0.2) is 0 Å². The molecule has 1 heteroatoms. The van der Waals surface area contributed by atoms with Crippen molar-refractivity contribution in [1.82, 2.24) is 0 Å². The molecule has 8 unspecified atom stereocenters. The van der Waals surface area contributed by atoms with E-state index in [0.717, 1.165) is 59.2 Å². The number of hydrogen-bond acceptors (Lipinski definition) is 1. The molecule has 2 aromatic carbocycles. The number of fused-ring (bicyclic) bond motifs is 16. The second-order valence-electron chi connectivity index (χ2n) is 9.26. The van der Waals surface area contributed by atoms with Crippen molar-refractivity contribution in [3.8, 4) is 0 Å². The molecule has 25 heavy (non-hydrogen) atoms. The van der Waals surface area contributed by atoms with E-state index in [9.17, 15) is 4.79 Å². The number of carbonyl (C=O) groups is 1. The van der Waals surface area contributed by atoms with Gasteiger partial charge in [-0.05, 0) is 88.5 Å². The largest absolute Gasteiger partial charge is 0.298 e. The Morgan fingerprint density at radius 1 is 0.880 bits per heavy atom. The smallest absolute Gasteiger partial charge is 0.150 e. The van der Waals surface area contributed by atoms with Crippen LogP contribution in [0.2, 0.25) is 0 Å². The summed E-state index contributed by atoms with van der Waals surface area (Å²) in [7, 11) is 0. The lowest BCUT2D eigenvalue weighted by atomic mass is 9.65. The van der Waals surface area contributed by atoms with E-state index in [1.807, 2.05) is 12.1 Å². The first-order chi connectivity index (χ1) is 12.3. The van der Waals surface area contributed by atoms with E-state index in [4.69, 9.17) is 0 Å². The van der Waals surface area contributed by atoms with Gasteiger partial charge in [0.25, 0.3) is 0 Å². The summed E-state index contributed by atoms with van der Waals surface area (Å²) >= 11 is 0. The van der Waals surface area contributed by atoms with Crippen LogP contribution < -0.4 is 0 Å². The van der Waals surface area contributed by atoms with Gasteiger partial charge in [0.15, 0.2) is 6.29 Å². The summed E-state index contributed by atoms with van der Waals surface area (Å²) in [6.45, 7) is 0. The third kappa shape index (κ3) is 1.39. The van der Waals surface area contributed by atoms with Crippen LogP contribution in [-0.2, 0) is 6.42 Å². The molecular formula is C24H22O. The highest BCUT2D eigenvalue weighted by Gasteiger charge is 2.65. The highest BCUT2D eigenvalue weighted by Crippen LogP contribution is 2.73. The molecule has 0 spiro atoms. The molecular weight excluding hydrogens is 304 g/mol. The van der Waals surface area contributed by atoms with E-state index in [2.05, 4.69) is 30.4 Å². The Morgan fingerprint density at radius 3 is 2.56 bits per heavy atom. The summed E-state index contributed by atoms with van der Waals surface area (Å²) in [5, 5.41) is 2.51. The summed E-state index contributed by atoms with van der Waals surface area (Å²) < 4.78 is 0. The molecule has 7 rings (SSSR count). The van der Waals surface area contributed by atoms with Crippen LogP contribution in [0.3, 0.4) is 0 Å². The van der Waals surface area contributed by atoms with Crippen LogP contribution >= 0.6 is 0 Å². The number of hydrogen-bond donors (Lipinski definition) is 0. The van der Waals surface area contributed by atoms with Crippen LogP contribution in [0.15, 0.2) is 42.5 Å². The molecule has 0 radical (unpaired) electrons. The van der Waals surface area contributed by atoms with E-state index in [0.29, 0.717) is 0 Å². The van der Waals surface area contributed by atoms with Crippen molar-refractivity contribution in [3.63, 3.8) is 0 Å². The quantitative estimate of drug-likeness (QED) is 0.410. The minimum Gasteiger partial charge on any atom is -0.298 e. The zero-order valence-corrected chi connectivity index (χ0v) is 14.3. The normalized spacial score (nSPS) is 44.3. The molecule has 0 N–H and O–H groups in total. The maximum Gasteiger partial charge on any atom is 0.150 e. The molecule has 5 aliphatic rings. The van der Waals surface area contributed by atoms with Gasteiger partial charge in [0.05, 0.1) is 0 Å². The number of carbonyl (C=O) groups excluding carboxylic acids is 1. The maximum atomic E-state index is 11.7. The van der Waals surface area contributed by atoms with Crippen LogP contribution in [0.4, 0.5) is 0 Å². The van der Waals surface area contributed by atoms with Crippen LogP contribution in [0.1, 0.15) is 40.2 Å². The minimum absolute atomic E-state index is 0.776. The van der Waals surface area contributed by atoms with Gasteiger partial charge in [0.2, 0.25) is 0 Å². The van der Waals surface area contributed by atoms with Crippen molar-refractivity contribution in [1.29, 1.82) is 0 Å². The summed E-state index contributed by atoms with van der Waals surface area (Å²) in [5.74, 6) is 7.17. The fourth-order valence-corrected chi connectivity index (χ4v) is 8.27. The topological polar surface area (TPSA) is 17.1 Å². The number of benzene rings is 2. The van der Waals surface area contributed by atoms with E-state index < -0.39 is 0 Å². The van der Waals surface area contributed by atoms with E-state index >= 15 is 0 Å². The lowest BCUT2D eigenvalue weighted by molar-refractivity contribution is 0.112. The van der Waals surface area contributed by atoms with Crippen LogP contribution in [0, 0.1) is 41.4 Å². The first-order valence-electron chi connectivity index (χ1n) is 10.0. The Kier molecular flexibility index (Phi) is 2.27. The van der Waals surface area contributed by atoms with Crippen molar-refractivity contribution < 1.29 is 4.79 Å². The maximum absolute atomic E-state index is 11.7. The van der Waals surface area contributed by atoms with Crippen LogP contribution in [-0.4, -0.2) is 6.29 Å². The third-order valence-corrected chi connectivity index (χ3v) is 8.74. The van der Waals surface area contributed by atoms with Crippen molar-refractivity contribution in [2.75, 3.05) is 0 Å². The number of rotatable bonds is 1. The second-order valence-corrected chi connectivity index (χ2v) is 9.26. The van der Waals surface area contributed by atoms with Gasteiger partial charge in [0.1, 0.15) is 0 Å². The molecule has 3 fully saturated rings. The predicted octanol–water partition coefficient (Wildman–Crippen LogP) is 5.00. The van der Waals surface area contributed by atoms with Gasteiger partial charge in [0, 0.05) is 5.56 Å². The molecule has 0 saturated heterocycles. The van der Waals surface area contributed by atoms with Gasteiger partial charge in [-0.1, -0.05) is 42.5 Å². The monoisotopic (exact) mass is 326 g/mol. The molecule has 1 nitrogen and oxygen atoms in total. The van der Waals surface area contributed by atoms with Gasteiger partial charge in [-0.2, -0.15) is 0 Å². The van der Waals surface area contributed by atoms with Crippen molar-refractivity contribution in [3.05, 3.63) is 59.2 Å². The highest BCUT2D eigenvalue weighted by molar-refractivity contribution is 6.01. The Balaban J connectivity index is 1.42. The lowest BCUT2D eigenvalue weighted by Crippen LogP contribution is -2.34. The van der Waals surface area contributed by atoms with Gasteiger partial charge in [-0.15, -0.1) is 0 Å². The summed E-state index contributed by atoms with van der Waals surface area (Å²) in [5.41, 5.74) is 4.01. The first kappa shape index (κ1) is 13.3. The summed E-state index contributed by atoms with van der Waals surface area (Å²) in [6, 6.07) is 10.9. The van der Waals surface area contributed by atoms with Gasteiger partial charge in [-0.3, -0.25) is 4.79 Å². The third-order valence-electron chi connectivity index (χ3n) is 8.74. The molecule has 8 atom stereocenters. The predicted molar refractivity (Wildman–Crippen MR) is 98.6 cm³/mol.